The first-order valence-electron chi connectivity index (χ1n) is 10.2. The van der Waals surface area contributed by atoms with E-state index in [0.717, 1.165) is 44.9 Å². The van der Waals surface area contributed by atoms with E-state index < -0.39 is 0 Å². The topological polar surface area (TPSA) is 45.4 Å². The number of halogens is 1. The maximum atomic E-state index is 13.8. The lowest BCUT2D eigenvalue weighted by molar-refractivity contribution is 0.617. The zero-order chi connectivity index (χ0) is 21.1. The van der Waals surface area contributed by atoms with Gasteiger partial charge in [-0.05, 0) is 43.7 Å². The highest BCUT2D eigenvalue weighted by molar-refractivity contribution is 6.10. The lowest BCUT2D eigenvalue weighted by Crippen LogP contribution is -2.36. The molecule has 0 aliphatic carbocycles. The van der Waals surface area contributed by atoms with Crippen LogP contribution in [0.4, 0.5) is 27.4 Å². The van der Waals surface area contributed by atoms with Crippen LogP contribution in [0.2, 0.25) is 0 Å². The van der Waals surface area contributed by atoms with Crippen molar-refractivity contribution in [3.8, 4) is 0 Å². The highest BCUT2D eigenvalue weighted by atomic mass is 19.1. The molecule has 0 unspecified atom stereocenters. The number of fused-ring (bicyclic) bond motifs is 4. The zero-order valence-electron chi connectivity index (χ0n) is 17.1. The molecule has 1 atom stereocenters. The molecule has 0 amide bonds. The number of hydrogen-bond donors (Lipinski definition) is 0. The van der Waals surface area contributed by atoms with Gasteiger partial charge in [-0.15, -0.1) is 0 Å². The third kappa shape index (κ3) is 2.54. The molecule has 0 N–H and O–H groups in total. The molecule has 6 rings (SSSR count). The predicted molar refractivity (Wildman–Crippen MR) is 121 cm³/mol. The number of aromatic nitrogens is 2. The summed E-state index contributed by atoms with van der Waals surface area (Å²) in [5.74, 6) is 1.24. The van der Waals surface area contributed by atoms with Gasteiger partial charge in [-0.1, -0.05) is 30.3 Å². The Kier molecular flexibility index (Phi) is 3.77. The van der Waals surface area contributed by atoms with E-state index in [0.29, 0.717) is 5.58 Å². The van der Waals surface area contributed by atoms with Gasteiger partial charge in [-0.25, -0.2) is 14.4 Å². The van der Waals surface area contributed by atoms with Gasteiger partial charge in [0.2, 0.25) is 0 Å². The van der Waals surface area contributed by atoms with E-state index in [1.807, 2.05) is 24.3 Å². The number of para-hydroxylation sites is 1. The van der Waals surface area contributed by atoms with E-state index in [2.05, 4.69) is 51.8 Å². The molecule has 31 heavy (non-hydrogen) atoms. The van der Waals surface area contributed by atoms with Gasteiger partial charge in [0.15, 0.2) is 17.2 Å². The fraction of sp³-hybridized carbons (Fsp3) is 0.120. The summed E-state index contributed by atoms with van der Waals surface area (Å²) < 4.78 is 20.1. The van der Waals surface area contributed by atoms with Gasteiger partial charge in [-0.3, -0.25) is 4.90 Å². The molecular formula is C25H19FN4O. The number of furan rings is 1. The molecule has 5 aromatic rings. The minimum Gasteiger partial charge on any atom is -0.454 e. The molecule has 0 saturated heterocycles. The molecule has 1 aliphatic heterocycles. The maximum absolute atomic E-state index is 13.8. The molecule has 6 heteroatoms. The van der Waals surface area contributed by atoms with Gasteiger partial charge in [0.1, 0.15) is 17.6 Å². The fourth-order valence-electron chi connectivity index (χ4n) is 4.55. The standard InChI is InChI=1S/C25H19FN4O/c1-15-8-10-20-19-11-9-17(26)14-21(19)31-23(20)22(15)30-16(2)29(18-6-4-3-5-7-18)24-25(30)28-13-12-27-24/h3-14,16H,1-2H3/t16-/m0/s1. The van der Waals surface area contributed by atoms with E-state index in [1.165, 1.54) is 12.1 Å². The van der Waals surface area contributed by atoms with Gasteiger partial charge >= 0.3 is 0 Å². The van der Waals surface area contributed by atoms with Crippen molar-refractivity contribution in [3.63, 3.8) is 0 Å². The van der Waals surface area contributed by atoms with E-state index in [9.17, 15) is 4.39 Å². The maximum Gasteiger partial charge on any atom is 0.178 e. The Bertz CT molecular complexity index is 1450. The van der Waals surface area contributed by atoms with E-state index in [1.54, 1.807) is 18.5 Å². The van der Waals surface area contributed by atoms with Crippen molar-refractivity contribution in [1.29, 1.82) is 0 Å². The van der Waals surface area contributed by atoms with Gasteiger partial charge in [0.25, 0.3) is 0 Å². The third-order valence-corrected chi connectivity index (χ3v) is 5.92. The zero-order valence-corrected chi connectivity index (χ0v) is 17.1. The molecule has 0 spiro atoms. The molecule has 152 valence electrons. The Morgan fingerprint density at radius 2 is 1.58 bits per heavy atom. The molecule has 0 saturated carbocycles. The van der Waals surface area contributed by atoms with E-state index in [-0.39, 0.29) is 12.0 Å². The molecule has 2 aromatic heterocycles. The number of hydrogen-bond acceptors (Lipinski definition) is 5. The molecule has 0 fully saturated rings. The minimum absolute atomic E-state index is 0.0888. The highest BCUT2D eigenvalue weighted by Crippen LogP contribution is 2.48. The molecule has 3 heterocycles. The monoisotopic (exact) mass is 410 g/mol. The van der Waals surface area contributed by atoms with Crippen LogP contribution in [0.25, 0.3) is 21.9 Å². The lowest BCUT2D eigenvalue weighted by Gasteiger charge is -2.30. The second-order valence-electron chi connectivity index (χ2n) is 7.76. The average molecular weight is 410 g/mol. The van der Waals surface area contributed by atoms with Crippen LogP contribution in [0, 0.1) is 12.7 Å². The van der Waals surface area contributed by atoms with Crippen LogP contribution in [0.15, 0.2) is 77.5 Å². The number of rotatable bonds is 2. The first-order chi connectivity index (χ1) is 15.1. The number of nitrogens with zero attached hydrogens (tertiary/aromatic N) is 4. The number of aryl methyl sites for hydroxylation is 1. The summed E-state index contributed by atoms with van der Waals surface area (Å²) in [6, 6.07) is 18.9. The van der Waals surface area contributed by atoms with Crippen LogP contribution >= 0.6 is 0 Å². The Labute approximate surface area is 178 Å². The predicted octanol–water partition coefficient (Wildman–Crippen LogP) is 6.46. The van der Waals surface area contributed by atoms with Gasteiger partial charge in [0, 0.05) is 34.9 Å². The Hall–Kier alpha value is -3.93. The van der Waals surface area contributed by atoms with Gasteiger partial charge in [-0.2, -0.15) is 0 Å². The first-order valence-corrected chi connectivity index (χ1v) is 10.2. The summed E-state index contributed by atoms with van der Waals surface area (Å²) in [4.78, 5) is 13.7. The first kappa shape index (κ1) is 17.9. The fourth-order valence-corrected chi connectivity index (χ4v) is 4.55. The third-order valence-electron chi connectivity index (χ3n) is 5.92. The van der Waals surface area contributed by atoms with Crippen LogP contribution in [0.3, 0.4) is 0 Å². The van der Waals surface area contributed by atoms with Crippen LogP contribution in [-0.2, 0) is 0 Å². The average Bonchev–Trinajstić information content (AvgIpc) is 3.28. The summed E-state index contributed by atoms with van der Waals surface area (Å²) in [6.45, 7) is 4.17. The van der Waals surface area contributed by atoms with Crippen LogP contribution in [0.5, 0.6) is 0 Å². The van der Waals surface area contributed by atoms with Crippen LogP contribution < -0.4 is 9.80 Å². The van der Waals surface area contributed by atoms with Crippen molar-refractivity contribution in [1.82, 2.24) is 9.97 Å². The minimum atomic E-state index is -0.314. The van der Waals surface area contributed by atoms with Crippen molar-refractivity contribution in [2.45, 2.75) is 20.0 Å². The largest absolute Gasteiger partial charge is 0.454 e. The summed E-state index contributed by atoms with van der Waals surface area (Å²) in [6.07, 6.45) is 3.33. The lowest BCUT2D eigenvalue weighted by atomic mass is 10.1. The van der Waals surface area contributed by atoms with Crippen molar-refractivity contribution < 1.29 is 8.81 Å². The van der Waals surface area contributed by atoms with Crippen LogP contribution in [0.1, 0.15) is 12.5 Å². The molecule has 3 aromatic carbocycles. The quantitative estimate of drug-likeness (QED) is 0.334. The second kappa shape index (κ2) is 6.54. The smallest absolute Gasteiger partial charge is 0.178 e. The molecule has 5 nitrogen and oxygen atoms in total. The Balaban J connectivity index is 1.62. The van der Waals surface area contributed by atoms with Gasteiger partial charge in [0.05, 0.1) is 5.69 Å². The Morgan fingerprint density at radius 1 is 0.871 bits per heavy atom. The molecular weight excluding hydrogens is 391 g/mol. The SMILES string of the molecule is Cc1ccc2c(oc3cc(F)ccc32)c1N1c2nccnc2N(c2ccccc2)[C@@H]1C. The molecule has 0 bridgehead atoms. The summed E-state index contributed by atoms with van der Waals surface area (Å²) in [5, 5.41) is 1.84. The summed E-state index contributed by atoms with van der Waals surface area (Å²) in [5.41, 5.74) is 4.26. The number of benzene rings is 3. The van der Waals surface area contributed by atoms with Crippen molar-refractivity contribution >= 4 is 44.9 Å². The molecule has 0 radical (unpaired) electrons. The van der Waals surface area contributed by atoms with Crippen molar-refractivity contribution in [2.24, 2.45) is 0 Å². The Morgan fingerprint density at radius 3 is 2.35 bits per heavy atom. The van der Waals surface area contributed by atoms with Crippen molar-refractivity contribution in [2.75, 3.05) is 9.80 Å². The number of anilines is 4. The van der Waals surface area contributed by atoms with Crippen molar-refractivity contribution in [3.05, 3.63) is 84.4 Å². The van der Waals surface area contributed by atoms with Gasteiger partial charge < -0.3 is 9.32 Å². The molecule has 1 aliphatic rings. The summed E-state index contributed by atoms with van der Waals surface area (Å²) >= 11 is 0. The highest BCUT2D eigenvalue weighted by Gasteiger charge is 2.39. The van der Waals surface area contributed by atoms with E-state index in [4.69, 9.17) is 4.42 Å². The summed E-state index contributed by atoms with van der Waals surface area (Å²) in [7, 11) is 0. The van der Waals surface area contributed by atoms with Crippen LogP contribution in [-0.4, -0.2) is 16.1 Å². The normalized spacial score (nSPS) is 15.8. The van der Waals surface area contributed by atoms with E-state index >= 15 is 0 Å². The second-order valence-corrected chi connectivity index (χ2v) is 7.76.